The Morgan fingerprint density at radius 3 is 2.54 bits per heavy atom. The van der Waals surface area contributed by atoms with Crippen LogP contribution in [0, 0.1) is 0 Å². The molecule has 126 valence electrons. The summed E-state index contributed by atoms with van der Waals surface area (Å²) in [5, 5.41) is 0. The highest BCUT2D eigenvalue weighted by Gasteiger charge is 2.31. The van der Waals surface area contributed by atoms with E-state index >= 15 is 0 Å². The van der Waals surface area contributed by atoms with Crippen LogP contribution in [0.3, 0.4) is 0 Å². The molecule has 0 saturated heterocycles. The number of ether oxygens (including phenoxy) is 1. The second-order valence-electron chi connectivity index (χ2n) is 5.07. The van der Waals surface area contributed by atoms with Crippen LogP contribution in [0.2, 0.25) is 0 Å². The average Bonchev–Trinajstić information content (AvgIpc) is 2.95. The van der Waals surface area contributed by atoms with Crippen molar-refractivity contribution in [3.05, 3.63) is 45.1 Å². The van der Waals surface area contributed by atoms with Crippen LogP contribution in [-0.2, 0) is 14.1 Å². The van der Waals surface area contributed by atoms with Crippen molar-refractivity contribution in [1.29, 1.82) is 0 Å². The van der Waals surface area contributed by atoms with E-state index in [0.717, 1.165) is 16.7 Å². The van der Waals surface area contributed by atoms with Gasteiger partial charge in [0.2, 0.25) is 0 Å². The lowest BCUT2D eigenvalue weighted by atomic mass is 10.2. The van der Waals surface area contributed by atoms with E-state index < -0.39 is 23.4 Å². The molecule has 0 aliphatic carbocycles. The first-order chi connectivity index (χ1) is 11.2. The van der Waals surface area contributed by atoms with Gasteiger partial charge in [0.15, 0.2) is 5.65 Å². The topological polar surface area (TPSA) is 81.9 Å². The number of hydrogen-bond donors (Lipinski definition) is 1. The summed E-state index contributed by atoms with van der Waals surface area (Å²) >= 11 is 0. The van der Waals surface area contributed by atoms with Crippen LogP contribution in [0.5, 0.6) is 5.75 Å². The van der Waals surface area contributed by atoms with E-state index in [1.807, 2.05) is 0 Å². The molecule has 0 spiro atoms. The molecule has 0 amide bonds. The summed E-state index contributed by atoms with van der Waals surface area (Å²) in [7, 11) is 2.76. The molecule has 3 aromatic rings. The van der Waals surface area contributed by atoms with Crippen LogP contribution in [0.25, 0.3) is 22.6 Å². The molecule has 3 rings (SSSR count). The van der Waals surface area contributed by atoms with E-state index in [1.54, 1.807) is 0 Å². The Kier molecular flexibility index (Phi) is 3.47. The fourth-order valence-corrected chi connectivity index (χ4v) is 2.30. The monoisotopic (exact) mass is 340 g/mol. The molecular formula is C14H11F3N4O3. The lowest BCUT2D eigenvalue weighted by Gasteiger charge is -2.09. The molecule has 1 N–H and O–H groups in total. The average molecular weight is 340 g/mol. The zero-order valence-corrected chi connectivity index (χ0v) is 12.5. The van der Waals surface area contributed by atoms with Crippen LogP contribution in [0.4, 0.5) is 13.2 Å². The van der Waals surface area contributed by atoms with E-state index in [0.29, 0.717) is 0 Å². The number of halogens is 3. The van der Waals surface area contributed by atoms with Gasteiger partial charge in [-0.3, -0.25) is 13.9 Å². The van der Waals surface area contributed by atoms with Crippen molar-refractivity contribution in [2.75, 3.05) is 0 Å². The van der Waals surface area contributed by atoms with Crippen molar-refractivity contribution in [2.24, 2.45) is 14.1 Å². The highest BCUT2D eigenvalue weighted by Crippen LogP contribution is 2.27. The van der Waals surface area contributed by atoms with Gasteiger partial charge in [0.1, 0.15) is 17.1 Å². The van der Waals surface area contributed by atoms with Crippen molar-refractivity contribution in [1.82, 2.24) is 19.1 Å². The Labute approximate surface area is 131 Å². The third kappa shape index (κ3) is 2.66. The maximum Gasteiger partial charge on any atom is 0.573 e. The number of benzene rings is 1. The number of imidazole rings is 1. The summed E-state index contributed by atoms with van der Waals surface area (Å²) < 4.78 is 42.9. The van der Waals surface area contributed by atoms with E-state index in [4.69, 9.17) is 0 Å². The van der Waals surface area contributed by atoms with Crippen LogP contribution in [0.1, 0.15) is 0 Å². The minimum Gasteiger partial charge on any atom is -0.406 e. The molecule has 0 atom stereocenters. The molecule has 24 heavy (non-hydrogen) atoms. The number of nitrogens with one attached hydrogen (secondary N) is 1. The fraction of sp³-hybridized carbons (Fsp3) is 0.214. The molecule has 0 aliphatic rings. The van der Waals surface area contributed by atoms with Crippen LogP contribution >= 0.6 is 0 Å². The van der Waals surface area contributed by atoms with E-state index in [2.05, 4.69) is 14.7 Å². The molecule has 0 bridgehead atoms. The Bertz CT molecular complexity index is 1050. The number of fused-ring (bicyclic) bond motifs is 1. The fourth-order valence-electron chi connectivity index (χ4n) is 2.30. The largest absolute Gasteiger partial charge is 0.573 e. The number of aromatic nitrogens is 4. The minimum absolute atomic E-state index is 0.0803. The van der Waals surface area contributed by atoms with Crippen LogP contribution < -0.4 is 16.0 Å². The summed E-state index contributed by atoms with van der Waals surface area (Å²) in [6.07, 6.45) is -4.81. The molecule has 0 fully saturated rings. The first-order valence-corrected chi connectivity index (χ1v) is 6.69. The number of rotatable bonds is 2. The summed E-state index contributed by atoms with van der Waals surface area (Å²) in [5.41, 5.74) is -0.659. The second-order valence-corrected chi connectivity index (χ2v) is 5.07. The number of aryl methyl sites for hydroxylation is 1. The van der Waals surface area contributed by atoms with E-state index in [9.17, 15) is 22.8 Å². The first-order valence-electron chi connectivity index (χ1n) is 6.69. The SMILES string of the molecule is Cn1c(=O)c2[nH]c(-c3cccc(OC(F)(F)F)c3)nc2n(C)c1=O. The van der Waals surface area contributed by atoms with Gasteiger partial charge in [-0.25, -0.2) is 9.78 Å². The van der Waals surface area contributed by atoms with Gasteiger partial charge < -0.3 is 9.72 Å². The zero-order valence-electron chi connectivity index (χ0n) is 12.5. The molecule has 0 unspecified atom stereocenters. The van der Waals surface area contributed by atoms with E-state index in [1.165, 1.54) is 30.8 Å². The van der Waals surface area contributed by atoms with Gasteiger partial charge in [0.05, 0.1) is 0 Å². The standard InChI is InChI=1S/C14H11F3N4O3/c1-20-11-9(12(22)21(2)13(20)23)18-10(19-11)7-4-3-5-8(6-7)24-14(15,16)17/h3-6H,1-2H3,(H,18,19). The van der Waals surface area contributed by atoms with E-state index in [-0.39, 0.29) is 22.6 Å². The van der Waals surface area contributed by atoms with Gasteiger partial charge in [0, 0.05) is 19.7 Å². The summed E-state index contributed by atoms with van der Waals surface area (Å²) in [4.78, 5) is 30.9. The molecule has 0 radical (unpaired) electrons. The van der Waals surface area contributed by atoms with Gasteiger partial charge in [-0.1, -0.05) is 12.1 Å². The third-order valence-corrected chi connectivity index (χ3v) is 3.44. The van der Waals surface area contributed by atoms with Gasteiger partial charge in [-0.2, -0.15) is 0 Å². The lowest BCUT2D eigenvalue weighted by molar-refractivity contribution is -0.274. The van der Waals surface area contributed by atoms with Crippen molar-refractivity contribution < 1.29 is 17.9 Å². The maximum absolute atomic E-state index is 12.3. The quantitative estimate of drug-likeness (QED) is 0.767. The summed E-state index contributed by atoms with van der Waals surface area (Å²) in [6.45, 7) is 0. The summed E-state index contributed by atoms with van der Waals surface area (Å²) in [6, 6.07) is 5.15. The first kappa shape index (κ1) is 15.8. The molecule has 2 aromatic heterocycles. The van der Waals surface area contributed by atoms with Gasteiger partial charge in [-0.05, 0) is 12.1 Å². The lowest BCUT2D eigenvalue weighted by Crippen LogP contribution is -2.36. The maximum atomic E-state index is 12.3. The predicted octanol–water partition coefficient (Wildman–Crippen LogP) is 1.53. The number of H-pyrrole nitrogens is 1. The van der Waals surface area contributed by atoms with Gasteiger partial charge in [0.25, 0.3) is 5.56 Å². The van der Waals surface area contributed by atoms with Crippen LogP contribution in [-0.4, -0.2) is 25.5 Å². The Morgan fingerprint density at radius 1 is 1.17 bits per heavy atom. The van der Waals surface area contributed by atoms with Crippen molar-refractivity contribution in [2.45, 2.75) is 6.36 Å². The minimum atomic E-state index is -4.81. The Hall–Kier alpha value is -3.04. The third-order valence-electron chi connectivity index (χ3n) is 3.44. The Balaban J connectivity index is 2.16. The second kappa shape index (κ2) is 5.25. The molecular weight excluding hydrogens is 329 g/mol. The van der Waals surface area contributed by atoms with Crippen LogP contribution in [0.15, 0.2) is 33.9 Å². The molecule has 2 heterocycles. The Morgan fingerprint density at radius 2 is 1.88 bits per heavy atom. The van der Waals surface area contributed by atoms with Crippen molar-refractivity contribution in [3.63, 3.8) is 0 Å². The van der Waals surface area contributed by atoms with Gasteiger partial charge in [-0.15, -0.1) is 13.2 Å². The zero-order chi connectivity index (χ0) is 17.6. The molecule has 10 heteroatoms. The van der Waals surface area contributed by atoms with Crippen molar-refractivity contribution in [3.8, 4) is 17.1 Å². The molecule has 0 aliphatic heterocycles. The number of aromatic amines is 1. The number of alkyl halides is 3. The number of hydrogen-bond acceptors (Lipinski definition) is 4. The van der Waals surface area contributed by atoms with Crippen molar-refractivity contribution >= 4 is 11.2 Å². The smallest absolute Gasteiger partial charge is 0.406 e. The highest BCUT2D eigenvalue weighted by atomic mass is 19.4. The predicted molar refractivity (Wildman–Crippen MR) is 78.7 cm³/mol. The number of nitrogens with zero attached hydrogens (tertiary/aromatic N) is 3. The normalized spacial score (nSPS) is 11.9. The van der Waals surface area contributed by atoms with Gasteiger partial charge >= 0.3 is 12.1 Å². The molecule has 0 saturated carbocycles. The molecule has 7 nitrogen and oxygen atoms in total. The molecule has 1 aromatic carbocycles. The highest BCUT2D eigenvalue weighted by molar-refractivity contribution is 5.75. The summed E-state index contributed by atoms with van der Waals surface area (Å²) in [5.74, 6) is -0.266.